The zero-order chi connectivity index (χ0) is 3.41. The van der Waals surface area contributed by atoms with Gasteiger partial charge in [-0.2, -0.15) is 0 Å². The Kier molecular flexibility index (Phi) is 15.9. The van der Waals surface area contributed by atoms with Crippen LogP contribution in [0.3, 0.4) is 0 Å². The fraction of sp³-hybridized carbons (Fsp3) is 1.00. The van der Waals surface area contributed by atoms with E-state index in [2.05, 4.69) is 5.43 Å². The van der Waals surface area contributed by atoms with E-state index in [0.29, 0.717) is 0 Å². The molecule has 0 amide bonds. The molecule has 0 atom stereocenters. The van der Waals surface area contributed by atoms with Crippen LogP contribution in [0.2, 0.25) is 0 Å². The van der Waals surface area contributed by atoms with Gasteiger partial charge in [-0.1, -0.05) is 6.92 Å². The predicted molar refractivity (Wildman–Crippen MR) is 25.1 cm³/mol. The SMILES string of the molecule is CCNN.Cl. The smallest absolute Gasteiger partial charge is 0.00689 e. The first-order valence-electron chi connectivity index (χ1n) is 1.35. The van der Waals surface area contributed by atoms with Gasteiger partial charge in [-0.05, 0) is 0 Å². The molecule has 0 saturated heterocycles. The molecule has 0 radical (unpaired) electrons. The minimum absolute atomic E-state index is 0. The Labute approximate surface area is 38.1 Å². The minimum Gasteiger partial charge on any atom is -0.271 e. The van der Waals surface area contributed by atoms with Gasteiger partial charge in [0.1, 0.15) is 0 Å². The van der Waals surface area contributed by atoms with E-state index in [0.717, 1.165) is 6.54 Å². The van der Waals surface area contributed by atoms with Gasteiger partial charge < -0.3 is 0 Å². The van der Waals surface area contributed by atoms with Crippen molar-refractivity contribution in [1.82, 2.24) is 5.43 Å². The average Bonchev–Trinajstić information content (AvgIpc) is 1.37. The van der Waals surface area contributed by atoms with Gasteiger partial charge in [0.15, 0.2) is 0 Å². The number of rotatable bonds is 1. The molecular weight excluding hydrogens is 87.5 g/mol. The summed E-state index contributed by atoms with van der Waals surface area (Å²) < 4.78 is 0. The highest BCUT2D eigenvalue weighted by molar-refractivity contribution is 5.85. The standard InChI is InChI=1S/C2H8N2.ClH/c1-2-4-3;/h4H,2-3H2,1H3;1H. The van der Waals surface area contributed by atoms with Crippen molar-refractivity contribution in [1.29, 1.82) is 0 Å². The Balaban J connectivity index is 0. The first-order chi connectivity index (χ1) is 1.91. The van der Waals surface area contributed by atoms with E-state index < -0.39 is 0 Å². The Morgan fingerprint density at radius 3 is 2.00 bits per heavy atom. The van der Waals surface area contributed by atoms with E-state index in [1.807, 2.05) is 6.92 Å². The first-order valence-corrected chi connectivity index (χ1v) is 1.35. The second-order valence-electron chi connectivity index (χ2n) is 0.558. The molecular formula is C2H9ClN2. The summed E-state index contributed by atoms with van der Waals surface area (Å²) in [5.74, 6) is 4.78. The van der Waals surface area contributed by atoms with E-state index in [-0.39, 0.29) is 12.4 Å². The maximum Gasteiger partial charge on any atom is 0.00689 e. The molecule has 3 N–H and O–H groups in total. The molecule has 0 aliphatic carbocycles. The molecule has 3 heteroatoms. The molecule has 0 saturated carbocycles. The lowest BCUT2D eigenvalue weighted by Gasteiger charge is -1.77. The predicted octanol–water partition coefficient (Wildman–Crippen LogP) is -0.109. The quantitative estimate of drug-likeness (QED) is 0.353. The number of nitrogens with one attached hydrogen (secondary N) is 1. The van der Waals surface area contributed by atoms with Crippen molar-refractivity contribution in [3.63, 3.8) is 0 Å². The van der Waals surface area contributed by atoms with E-state index in [9.17, 15) is 0 Å². The van der Waals surface area contributed by atoms with Crippen LogP contribution in [0, 0.1) is 0 Å². The van der Waals surface area contributed by atoms with Crippen LogP contribution >= 0.6 is 12.4 Å². The molecule has 0 aromatic carbocycles. The summed E-state index contributed by atoms with van der Waals surface area (Å²) >= 11 is 0. The van der Waals surface area contributed by atoms with Crippen LogP contribution < -0.4 is 11.3 Å². The van der Waals surface area contributed by atoms with Gasteiger partial charge in [0.2, 0.25) is 0 Å². The van der Waals surface area contributed by atoms with E-state index in [4.69, 9.17) is 5.84 Å². The molecule has 5 heavy (non-hydrogen) atoms. The number of halogens is 1. The van der Waals surface area contributed by atoms with Crippen LogP contribution in [0.25, 0.3) is 0 Å². The molecule has 0 unspecified atom stereocenters. The topological polar surface area (TPSA) is 38.0 Å². The van der Waals surface area contributed by atoms with Crippen LogP contribution in [0.15, 0.2) is 0 Å². The van der Waals surface area contributed by atoms with Gasteiger partial charge in [-0.15, -0.1) is 12.4 Å². The van der Waals surface area contributed by atoms with E-state index in [1.54, 1.807) is 0 Å². The molecule has 0 heterocycles. The number of hydrazine groups is 1. The third kappa shape index (κ3) is 14.0. The summed E-state index contributed by atoms with van der Waals surface area (Å²) in [6.07, 6.45) is 0. The van der Waals surface area contributed by atoms with Crippen LogP contribution in [-0.4, -0.2) is 6.54 Å². The Hall–Kier alpha value is 0.210. The lowest BCUT2D eigenvalue weighted by Crippen LogP contribution is -2.20. The van der Waals surface area contributed by atoms with Gasteiger partial charge in [0.25, 0.3) is 0 Å². The van der Waals surface area contributed by atoms with Crippen molar-refractivity contribution in [2.45, 2.75) is 6.92 Å². The van der Waals surface area contributed by atoms with Crippen molar-refractivity contribution in [3.05, 3.63) is 0 Å². The summed E-state index contributed by atoms with van der Waals surface area (Å²) in [6.45, 7) is 2.79. The fourth-order valence-corrected chi connectivity index (χ4v) is 0. The zero-order valence-corrected chi connectivity index (χ0v) is 4.01. The molecule has 0 aromatic rings. The first kappa shape index (κ1) is 8.96. The second-order valence-corrected chi connectivity index (χ2v) is 0.558. The van der Waals surface area contributed by atoms with Gasteiger partial charge in [0, 0.05) is 6.54 Å². The minimum atomic E-state index is 0. The highest BCUT2D eigenvalue weighted by atomic mass is 35.5. The largest absolute Gasteiger partial charge is 0.271 e. The van der Waals surface area contributed by atoms with Gasteiger partial charge in [-0.25, -0.2) is 0 Å². The maximum absolute atomic E-state index is 4.78. The molecule has 34 valence electrons. The van der Waals surface area contributed by atoms with E-state index >= 15 is 0 Å². The summed E-state index contributed by atoms with van der Waals surface area (Å²) in [6, 6.07) is 0. The number of hydrogen-bond donors (Lipinski definition) is 2. The fourth-order valence-electron chi connectivity index (χ4n) is 0. The summed E-state index contributed by atoms with van der Waals surface area (Å²) in [7, 11) is 0. The Morgan fingerprint density at radius 1 is 1.80 bits per heavy atom. The van der Waals surface area contributed by atoms with Crippen molar-refractivity contribution in [2.75, 3.05) is 6.54 Å². The number of hydrogen-bond acceptors (Lipinski definition) is 2. The molecule has 0 aromatic heterocycles. The molecule has 0 aliphatic rings. The molecule has 2 nitrogen and oxygen atoms in total. The molecule has 0 bridgehead atoms. The highest BCUT2D eigenvalue weighted by Crippen LogP contribution is 1.30. The molecule has 0 fully saturated rings. The maximum atomic E-state index is 4.78. The van der Waals surface area contributed by atoms with Crippen LogP contribution in [0.1, 0.15) is 6.92 Å². The second kappa shape index (κ2) is 8.88. The highest BCUT2D eigenvalue weighted by Gasteiger charge is 1.50. The van der Waals surface area contributed by atoms with Crippen molar-refractivity contribution in [2.24, 2.45) is 5.84 Å². The molecule has 0 rings (SSSR count). The summed E-state index contributed by atoms with van der Waals surface area (Å²) in [4.78, 5) is 0. The summed E-state index contributed by atoms with van der Waals surface area (Å²) in [5, 5.41) is 0. The monoisotopic (exact) mass is 96.0 g/mol. The lowest BCUT2D eigenvalue weighted by atomic mass is 10.8. The number of nitrogens with two attached hydrogens (primary N) is 1. The van der Waals surface area contributed by atoms with Crippen molar-refractivity contribution >= 4 is 12.4 Å². The average molecular weight is 96.6 g/mol. The lowest BCUT2D eigenvalue weighted by molar-refractivity contribution is 0.781. The Morgan fingerprint density at radius 2 is 2.00 bits per heavy atom. The van der Waals surface area contributed by atoms with Gasteiger partial charge in [-0.3, -0.25) is 11.3 Å². The van der Waals surface area contributed by atoms with Crippen molar-refractivity contribution < 1.29 is 0 Å². The van der Waals surface area contributed by atoms with Gasteiger partial charge in [0.05, 0.1) is 0 Å². The Bertz CT molecular complexity index is 9.61. The third-order valence-electron chi connectivity index (χ3n) is 0.204. The van der Waals surface area contributed by atoms with Crippen molar-refractivity contribution in [3.8, 4) is 0 Å². The van der Waals surface area contributed by atoms with Crippen LogP contribution in [0.4, 0.5) is 0 Å². The van der Waals surface area contributed by atoms with Crippen LogP contribution in [-0.2, 0) is 0 Å². The zero-order valence-electron chi connectivity index (χ0n) is 3.19. The summed E-state index contributed by atoms with van der Waals surface area (Å²) in [5.41, 5.74) is 2.43. The third-order valence-corrected chi connectivity index (χ3v) is 0.204. The van der Waals surface area contributed by atoms with Gasteiger partial charge >= 0.3 is 0 Å². The molecule has 0 spiro atoms. The van der Waals surface area contributed by atoms with E-state index in [1.165, 1.54) is 0 Å². The molecule has 0 aliphatic heterocycles. The normalized spacial score (nSPS) is 6.00. The van der Waals surface area contributed by atoms with Crippen LogP contribution in [0.5, 0.6) is 0 Å².